The average molecular weight is 374 g/mol. The molecule has 1 spiro atoms. The highest BCUT2D eigenvalue weighted by atomic mass is 32.2. The van der Waals surface area contributed by atoms with Crippen molar-refractivity contribution in [2.24, 2.45) is 0 Å². The molecule has 1 saturated heterocycles. The molecule has 5 rings (SSSR count). The van der Waals surface area contributed by atoms with Crippen LogP contribution in [0.1, 0.15) is 32.8 Å². The van der Waals surface area contributed by atoms with E-state index < -0.39 is 5.60 Å². The van der Waals surface area contributed by atoms with Gasteiger partial charge in [0, 0.05) is 16.0 Å². The Morgan fingerprint density at radius 2 is 1.63 bits per heavy atom. The number of ether oxygens (including phenoxy) is 2. The summed E-state index contributed by atoms with van der Waals surface area (Å²) in [6.07, 6.45) is -0.313. The average Bonchev–Trinajstić information content (AvgIpc) is 3.47. The van der Waals surface area contributed by atoms with Crippen LogP contribution in [0.3, 0.4) is 0 Å². The first-order chi connectivity index (χ1) is 13.3. The molecule has 0 unspecified atom stereocenters. The molecule has 2 aliphatic heterocycles. The van der Waals surface area contributed by atoms with Gasteiger partial charge in [-0.05, 0) is 17.7 Å². The SMILES string of the molecule is COc1ccccc1[C@@H]1O[C@@]12C(=O)c1ccccc1S[C@@H]2c1ccccc1. The zero-order valence-electron chi connectivity index (χ0n) is 14.8. The van der Waals surface area contributed by atoms with E-state index in [4.69, 9.17) is 9.47 Å². The van der Waals surface area contributed by atoms with Gasteiger partial charge in [0.2, 0.25) is 0 Å². The van der Waals surface area contributed by atoms with Crippen molar-refractivity contribution in [2.75, 3.05) is 7.11 Å². The molecule has 0 radical (unpaired) electrons. The Labute approximate surface area is 162 Å². The quantitative estimate of drug-likeness (QED) is 0.588. The number of rotatable bonds is 3. The molecule has 3 atom stereocenters. The predicted octanol–water partition coefficient (Wildman–Crippen LogP) is 5.24. The number of ketones is 1. The van der Waals surface area contributed by atoms with E-state index in [-0.39, 0.29) is 17.1 Å². The number of thioether (sulfide) groups is 1. The van der Waals surface area contributed by atoms with Gasteiger partial charge in [-0.25, -0.2) is 0 Å². The van der Waals surface area contributed by atoms with E-state index in [2.05, 4.69) is 12.1 Å². The lowest BCUT2D eigenvalue weighted by Gasteiger charge is -2.30. The van der Waals surface area contributed by atoms with E-state index in [1.54, 1.807) is 18.9 Å². The van der Waals surface area contributed by atoms with Gasteiger partial charge in [-0.2, -0.15) is 0 Å². The van der Waals surface area contributed by atoms with E-state index >= 15 is 0 Å². The van der Waals surface area contributed by atoms with Crippen LogP contribution in [0.25, 0.3) is 0 Å². The van der Waals surface area contributed by atoms with Crippen molar-refractivity contribution in [1.82, 2.24) is 0 Å². The molecule has 0 amide bonds. The Morgan fingerprint density at radius 3 is 2.44 bits per heavy atom. The third kappa shape index (κ3) is 2.44. The monoisotopic (exact) mass is 374 g/mol. The number of hydrogen-bond donors (Lipinski definition) is 0. The van der Waals surface area contributed by atoms with Gasteiger partial charge in [0.25, 0.3) is 0 Å². The summed E-state index contributed by atoms with van der Waals surface area (Å²) in [7, 11) is 1.65. The second-order valence-electron chi connectivity index (χ2n) is 6.77. The molecule has 2 heterocycles. The Bertz CT molecular complexity index is 1020. The molecule has 3 aromatic carbocycles. The maximum atomic E-state index is 13.6. The number of epoxide rings is 1. The first-order valence-corrected chi connectivity index (χ1v) is 9.80. The Morgan fingerprint density at radius 1 is 0.926 bits per heavy atom. The van der Waals surface area contributed by atoms with Gasteiger partial charge in [0.05, 0.1) is 12.4 Å². The molecule has 0 N–H and O–H groups in total. The number of fused-ring (bicyclic) bond motifs is 1. The largest absolute Gasteiger partial charge is 0.496 e. The van der Waals surface area contributed by atoms with Crippen LogP contribution in [0.15, 0.2) is 83.8 Å². The second kappa shape index (κ2) is 6.25. The second-order valence-corrected chi connectivity index (χ2v) is 7.91. The molecular formula is C23H18O3S. The third-order valence-electron chi connectivity index (χ3n) is 5.29. The van der Waals surface area contributed by atoms with Crippen molar-refractivity contribution in [3.8, 4) is 5.75 Å². The molecule has 0 saturated carbocycles. The molecule has 134 valence electrons. The van der Waals surface area contributed by atoms with Crippen molar-refractivity contribution in [3.05, 3.63) is 95.6 Å². The molecule has 0 aliphatic carbocycles. The summed E-state index contributed by atoms with van der Waals surface area (Å²) in [5, 5.41) is -0.101. The fraction of sp³-hybridized carbons (Fsp3) is 0.174. The minimum atomic E-state index is -0.894. The van der Waals surface area contributed by atoms with Crippen molar-refractivity contribution >= 4 is 17.5 Å². The van der Waals surface area contributed by atoms with Gasteiger partial charge in [0.15, 0.2) is 11.4 Å². The minimum absolute atomic E-state index is 0.0570. The normalized spacial score (nSPS) is 25.9. The van der Waals surface area contributed by atoms with Crippen molar-refractivity contribution < 1.29 is 14.3 Å². The maximum Gasteiger partial charge on any atom is 0.200 e. The molecule has 0 aromatic heterocycles. The maximum absolute atomic E-state index is 13.6. The summed E-state index contributed by atoms with van der Waals surface area (Å²) in [6.45, 7) is 0. The van der Waals surface area contributed by atoms with Gasteiger partial charge in [-0.1, -0.05) is 66.7 Å². The van der Waals surface area contributed by atoms with E-state index in [1.165, 1.54) is 0 Å². The number of carbonyl (C=O) groups is 1. The molecular weight excluding hydrogens is 356 g/mol. The topological polar surface area (TPSA) is 38.8 Å². The number of para-hydroxylation sites is 1. The smallest absolute Gasteiger partial charge is 0.200 e. The minimum Gasteiger partial charge on any atom is -0.496 e. The Balaban J connectivity index is 1.66. The number of methoxy groups -OCH3 is 1. The lowest BCUT2D eigenvalue weighted by Crippen LogP contribution is -2.35. The third-order valence-corrected chi connectivity index (χ3v) is 6.76. The standard InChI is InChI=1S/C23H18O3S/c1-25-18-13-7-5-11-16(18)21-23(26-21)20(24)17-12-6-8-14-19(17)27-22(23)15-9-3-2-4-10-15/h2-14,21-22H,1H3/t21-,22+,23-/m0/s1. The van der Waals surface area contributed by atoms with Crippen LogP contribution in [0.5, 0.6) is 5.75 Å². The van der Waals surface area contributed by atoms with E-state index in [0.717, 1.165) is 27.3 Å². The number of Topliss-reactive ketones (excluding diaryl/α,β-unsaturated/α-hetero) is 1. The first kappa shape index (κ1) is 16.6. The van der Waals surface area contributed by atoms with E-state index in [0.29, 0.717) is 0 Å². The van der Waals surface area contributed by atoms with Gasteiger partial charge < -0.3 is 9.47 Å². The molecule has 4 heteroatoms. The lowest BCUT2D eigenvalue weighted by molar-refractivity contribution is 0.0861. The molecule has 2 aliphatic rings. The highest BCUT2D eigenvalue weighted by Crippen LogP contribution is 2.67. The molecule has 0 bridgehead atoms. The molecule has 1 fully saturated rings. The fourth-order valence-electron chi connectivity index (χ4n) is 3.95. The van der Waals surface area contributed by atoms with Gasteiger partial charge in [-0.15, -0.1) is 11.8 Å². The molecule has 3 nitrogen and oxygen atoms in total. The molecule has 3 aromatic rings. The summed E-state index contributed by atoms with van der Waals surface area (Å²) >= 11 is 1.71. The summed E-state index contributed by atoms with van der Waals surface area (Å²) < 4.78 is 11.8. The number of benzene rings is 3. The van der Waals surface area contributed by atoms with Crippen LogP contribution in [0.2, 0.25) is 0 Å². The predicted molar refractivity (Wildman–Crippen MR) is 105 cm³/mol. The summed E-state index contributed by atoms with van der Waals surface area (Å²) in [5.41, 5.74) is 1.87. The summed E-state index contributed by atoms with van der Waals surface area (Å²) in [5.74, 6) is 0.810. The van der Waals surface area contributed by atoms with Crippen LogP contribution in [0, 0.1) is 0 Å². The summed E-state index contributed by atoms with van der Waals surface area (Å²) in [6, 6.07) is 25.7. The van der Waals surface area contributed by atoms with Gasteiger partial charge in [0.1, 0.15) is 11.9 Å². The summed E-state index contributed by atoms with van der Waals surface area (Å²) in [4.78, 5) is 14.6. The van der Waals surface area contributed by atoms with E-state index in [1.807, 2.05) is 66.7 Å². The van der Waals surface area contributed by atoms with Crippen LogP contribution in [-0.4, -0.2) is 18.5 Å². The van der Waals surface area contributed by atoms with Crippen LogP contribution in [-0.2, 0) is 4.74 Å². The fourth-order valence-corrected chi connectivity index (χ4v) is 5.41. The molecule has 27 heavy (non-hydrogen) atoms. The first-order valence-electron chi connectivity index (χ1n) is 8.92. The van der Waals surface area contributed by atoms with Crippen LogP contribution < -0.4 is 4.74 Å². The van der Waals surface area contributed by atoms with Gasteiger partial charge in [-0.3, -0.25) is 4.79 Å². The highest BCUT2D eigenvalue weighted by molar-refractivity contribution is 7.99. The zero-order valence-corrected chi connectivity index (χ0v) is 15.6. The Kier molecular flexibility index (Phi) is 3.85. The zero-order chi connectivity index (χ0) is 18.4. The highest BCUT2D eigenvalue weighted by Gasteiger charge is 2.70. The van der Waals surface area contributed by atoms with Crippen LogP contribution in [0.4, 0.5) is 0 Å². The van der Waals surface area contributed by atoms with Gasteiger partial charge >= 0.3 is 0 Å². The lowest BCUT2D eigenvalue weighted by atomic mass is 9.84. The van der Waals surface area contributed by atoms with Crippen molar-refractivity contribution in [1.29, 1.82) is 0 Å². The number of hydrogen-bond acceptors (Lipinski definition) is 4. The van der Waals surface area contributed by atoms with Crippen LogP contribution >= 0.6 is 11.8 Å². The van der Waals surface area contributed by atoms with E-state index in [9.17, 15) is 4.79 Å². The van der Waals surface area contributed by atoms with Crippen molar-refractivity contribution in [2.45, 2.75) is 21.9 Å². The Hall–Kier alpha value is -2.56. The van der Waals surface area contributed by atoms with Crippen molar-refractivity contribution in [3.63, 3.8) is 0 Å². The number of carbonyl (C=O) groups excluding carboxylic acids is 1.